The molecule has 0 spiro atoms. The fourth-order valence-electron chi connectivity index (χ4n) is 2.17. The molecule has 2 aromatic carbocycles. The molecule has 6 nitrogen and oxygen atoms in total. The highest BCUT2D eigenvalue weighted by Crippen LogP contribution is 2.35. The Morgan fingerprint density at radius 2 is 1.85 bits per heavy atom. The Labute approximate surface area is 205 Å². The van der Waals surface area contributed by atoms with Gasteiger partial charge in [0.15, 0.2) is 5.75 Å². The van der Waals surface area contributed by atoms with E-state index < -0.39 is 12.0 Å². The van der Waals surface area contributed by atoms with E-state index >= 15 is 0 Å². The first-order chi connectivity index (χ1) is 12.7. The average Bonchev–Trinajstić information content (AvgIpc) is 2.60. The summed E-state index contributed by atoms with van der Waals surface area (Å²) in [7, 11) is 0. The van der Waals surface area contributed by atoms with Gasteiger partial charge in [-0.15, -0.1) is 0 Å². The number of benzene rings is 2. The van der Waals surface area contributed by atoms with Gasteiger partial charge in [0.2, 0.25) is 5.91 Å². The van der Waals surface area contributed by atoms with Gasteiger partial charge in [-0.1, -0.05) is 15.9 Å². The predicted octanol–water partition coefficient (Wildman–Crippen LogP) is 4.51. The van der Waals surface area contributed by atoms with Gasteiger partial charge in [0, 0.05) is 6.42 Å². The molecule has 0 heterocycles. The number of carboxylic acids is 1. The molecule has 144 valence electrons. The number of halogens is 4. The minimum Gasteiger partial charge on any atom is -0.507 e. The van der Waals surface area contributed by atoms with Crippen LogP contribution in [-0.2, 0) is 16.0 Å². The number of alkyl halides is 1. The normalized spacial score (nSPS) is 11.7. The molecule has 0 aliphatic heterocycles. The second kappa shape index (κ2) is 10.4. The lowest BCUT2D eigenvalue weighted by molar-refractivity contribution is -0.141. The Morgan fingerprint density at radius 3 is 2.37 bits per heavy atom. The number of hydrogen-bond acceptors (Lipinski definition) is 4. The van der Waals surface area contributed by atoms with Crippen LogP contribution in [0.3, 0.4) is 0 Å². The van der Waals surface area contributed by atoms with E-state index in [9.17, 15) is 19.8 Å². The number of carbonyl (C=O) groups excluding carboxylic acids is 1. The van der Waals surface area contributed by atoms with Crippen molar-refractivity contribution in [1.29, 1.82) is 0 Å². The first-order valence-corrected chi connectivity index (χ1v) is 11.8. The molecule has 10 heteroatoms. The van der Waals surface area contributed by atoms with E-state index in [1.54, 1.807) is 18.2 Å². The van der Waals surface area contributed by atoms with Gasteiger partial charge in [0.25, 0.3) is 0 Å². The zero-order valence-corrected chi connectivity index (χ0v) is 21.6. The number of phenolic OH excluding ortho intramolecular Hbond substituents is 1. The first-order valence-electron chi connectivity index (χ1n) is 7.43. The lowest BCUT2D eigenvalue weighted by Crippen LogP contribution is -2.42. The highest BCUT2D eigenvalue weighted by atomic mass is 127. The second-order valence-electron chi connectivity index (χ2n) is 5.40. The summed E-state index contributed by atoms with van der Waals surface area (Å²) in [5.74, 6) is -0.0403. The van der Waals surface area contributed by atoms with Crippen molar-refractivity contribution in [3.63, 3.8) is 0 Å². The third kappa shape index (κ3) is 6.59. The number of aliphatic carboxylic acids is 1. The highest BCUT2D eigenvalue weighted by molar-refractivity contribution is 14.1. The molecule has 0 radical (unpaired) electrons. The molecule has 1 amide bonds. The number of carboxylic acid groups (broad SMARTS) is 1. The van der Waals surface area contributed by atoms with Crippen LogP contribution >= 0.6 is 83.7 Å². The summed E-state index contributed by atoms with van der Waals surface area (Å²) in [6.07, 6.45) is 0.164. The number of carbonyl (C=O) groups is 2. The molecule has 0 saturated heterocycles. The van der Waals surface area contributed by atoms with Crippen molar-refractivity contribution in [2.24, 2.45) is 0 Å². The molecule has 0 saturated carbocycles. The van der Waals surface area contributed by atoms with E-state index in [0.717, 1.165) is 12.7 Å². The Balaban J connectivity index is 2.23. The lowest BCUT2D eigenvalue weighted by atomic mass is 10.1. The van der Waals surface area contributed by atoms with Crippen molar-refractivity contribution in [1.82, 2.24) is 5.32 Å². The van der Waals surface area contributed by atoms with Gasteiger partial charge in [0.05, 0.1) is 16.0 Å². The zero-order valence-electron chi connectivity index (χ0n) is 13.5. The molecule has 2 rings (SSSR count). The molecule has 0 aliphatic carbocycles. The molecule has 27 heavy (non-hydrogen) atoms. The minimum atomic E-state index is -1.09. The number of amides is 1. The van der Waals surface area contributed by atoms with E-state index in [4.69, 9.17) is 4.74 Å². The van der Waals surface area contributed by atoms with E-state index in [1.807, 2.05) is 34.7 Å². The molecule has 2 aromatic rings. The molecule has 3 N–H and O–H groups in total. The molecule has 0 unspecified atom stereocenters. The van der Waals surface area contributed by atoms with Crippen LogP contribution < -0.4 is 10.1 Å². The maximum absolute atomic E-state index is 11.5. The van der Waals surface area contributed by atoms with E-state index in [0.29, 0.717) is 15.1 Å². The molecular weight excluding hydrogens is 757 g/mol. The van der Waals surface area contributed by atoms with Crippen LogP contribution in [0.15, 0.2) is 30.3 Å². The second-order valence-corrected chi connectivity index (χ2v) is 9.45. The topological polar surface area (TPSA) is 95.9 Å². The zero-order chi connectivity index (χ0) is 20.1. The lowest BCUT2D eigenvalue weighted by Gasteiger charge is -2.16. The van der Waals surface area contributed by atoms with Crippen LogP contribution in [-0.4, -0.2) is 33.5 Å². The van der Waals surface area contributed by atoms with Gasteiger partial charge in [-0.25, -0.2) is 4.79 Å². The fraction of sp³-hybridized carbons (Fsp3) is 0.176. The standard InChI is InChI=1S/C17H13BrI3NO5/c18-7-15(24)22-13(17(25)26)5-8-3-11(20)16(12(21)4-8)27-9-1-2-14(23)10(19)6-9/h1-4,6,13,23H,5,7H2,(H,22,24)(H,25,26)/t13-/m0/s1/i19-2. The molecule has 0 bridgehead atoms. The van der Waals surface area contributed by atoms with Crippen molar-refractivity contribution in [2.75, 3.05) is 5.33 Å². The fourth-order valence-corrected chi connectivity index (χ4v) is 4.93. The van der Waals surface area contributed by atoms with Crippen LogP contribution in [0.2, 0.25) is 0 Å². The van der Waals surface area contributed by atoms with E-state index in [-0.39, 0.29) is 23.4 Å². The highest BCUT2D eigenvalue weighted by Gasteiger charge is 2.21. The maximum Gasteiger partial charge on any atom is 0.326 e. The summed E-state index contributed by atoms with van der Waals surface area (Å²) in [5, 5.41) is 21.5. The van der Waals surface area contributed by atoms with Gasteiger partial charge in [0.1, 0.15) is 17.5 Å². The summed E-state index contributed by atoms with van der Waals surface area (Å²) < 4.78 is 8.25. The number of ether oxygens (including phenoxy) is 1. The smallest absolute Gasteiger partial charge is 0.326 e. The largest absolute Gasteiger partial charge is 0.507 e. The Kier molecular flexibility index (Phi) is 8.86. The Bertz CT molecular complexity index is 855. The van der Waals surface area contributed by atoms with Crippen LogP contribution in [0.5, 0.6) is 17.2 Å². The minimum absolute atomic E-state index is 0.0457. The Morgan fingerprint density at radius 1 is 1.22 bits per heavy atom. The van der Waals surface area contributed by atoms with Crippen LogP contribution in [0.4, 0.5) is 0 Å². The third-order valence-corrected chi connectivity index (χ3v) is 6.37. The van der Waals surface area contributed by atoms with Crippen LogP contribution in [0, 0.1) is 10.7 Å². The summed E-state index contributed by atoms with van der Waals surface area (Å²) in [6, 6.07) is 7.63. The summed E-state index contributed by atoms with van der Waals surface area (Å²) >= 11 is 9.29. The van der Waals surface area contributed by atoms with E-state index in [2.05, 4.69) is 66.4 Å². The van der Waals surface area contributed by atoms with Crippen molar-refractivity contribution < 1.29 is 24.5 Å². The summed E-state index contributed by atoms with van der Waals surface area (Å²) in [6.45, 7) is 0. The monoisotopic (exact) mass is 769 g/mol. The number of rotatable bonds is 7. The van der Waals surface area contributed by atoms with E-state index in [1.165, 1.54) is 0 Å². The maximum atomic E-state index is 11.5. The van der Waals surface area contributed by atoms with Crippen molar-refractivity contribution >= 4 is 95.6 Å². The number of phenols is 1. The number of nitrogens with one attached hydrogen (secondary N) is 1. The average molecular weight is 770 g/mol. The SMILES string of the molecule is O=C(CBr)N[C@@H](Cc1cc(I)c(Oc2ccc(O)c([125I])c2)c(I)c1)C(=O)O. The molecule has 0 fully saturated rings. The molecular formula is C17H13BrI3NO5. The first kappa shape index (κ1) is 22.9. The van der Waals surface area contributed by atoms with Crippen molar-refractivity contribution in [3.8, 4) is 17.2 Å². The summed E-state index contributed by atoms with van der Waals surface area (Å²) in [4.78, 5) is 22.9. The van der Waals surface area contributed by atoms with Gasteiger partial charge < -0.3 is 20.3 Å². The molecule has 0 aliphatic rings. The van der Waals surface area contributed by atoms with Gasteiger partial charge >= 0.3 is 5.97 Å². The molecule has 1 atom stereocenters. The molecule has 0 aromatic heterocycles. The van der Waals surface area contributed by atoms with Gasteiger partial charge in [-0.05, 0) is 104 Å². The van der Waals surface area contributed by atoms with Crippen molar-refractivity contribution in [3.05, 3.63) is 46.6 Å². The Hall–Kier alpha value is -0.350. The van der Waals surface area contributed by atoms with Crippen molar-refractivity contribution in [2.45, 2.75) is 12.5 Å². The number of aromatic hydroxyl groups is 1. The van der Waals surface area contributed by atoms with Gasteiger partial charge in [-0.2, -0.15) is 0 Å². The summed E-state index contributed by atoms with van der Waals surface area (Å²) in [5.41, 5.74) is 0.777. The third-order valence-electron chi connectivity index (χ3n) is 3.39. The quantitative estimate of drug-likeness (QED) is 0.285. The van der Waals surface area contributed by atoms with Crippen LogP contribution in [0.1, 0.15) is 5.56 Å². The van der Waals surface area contributed by atoms with Crippen LogP contribution in [0.25, 0.3) is 0 Å². The van der Waals surface area contributed by atoms with Gasteiger partial charge in [-0.3, -0.25) is 4.79 Å². The number of hydrogen-bond donors (Lipinski definition) is 3. The predicted molar refractivity (Wildman–Crippen MR) is 130 cm³/mol.